The number of unbranched alkanes of at least 4 members (excludes halogenated alkanes) is 1. The summed E-state index contributed by atoms with van der Waals surface area (Å²) in [7, 11) is 0. The van der Waals surface area contributed by atoms with Gasteiger partial charge in [-0.05, 0) is 56.5 Å². The topological polar surface area (TPSA) is 58.6 Å². The number of hydrogen-bond acceptors (Lipinski definition) is 3. The summed E-state index contributed by atoms with van der Waals surface area (Å²) in [5.41, 5.74) is 3.15. The number of benzene rings is 2. The highest BCUT2D eigenvalue weighted by Crippen LogP contribution is 2.22. The first-order chi connectivity index (χ1) is 14.3. The van der Waals surface area contributed by atoms with E-state index in [9.17, 15) is 9.59 Å². The summed E-state index contributed by atoms with van der Waals surface area (Å²) in [6, 6.07) is 13.0. The number of rotatable bonds is 10. The van der Waals surface area contributed by atoms with Crippen molar-refractivity contribution < 1.29 is 14.3 Å². The number of nitrogens with one attached hydrogen (secondary N) is 1. The van der Waals surface area contributed by atoms with Gasteiger partial charge in [-0.1, -0.05) is 59.1 Å². The second-order valence-corrected chi connectivity index (χ2v) is 8.38. The van der Waals surface area contributed by atoms with Gasteiger partial charge in [-0.25, -0.2) is 0 Å². The maximum Gasteiger partial charge on any atom is 0.261 e. The molecule has 6 heteroatoms. The first-order valence-electron chi connectivity index (χ1n) is 10.3. The van der Waals surface area contributed by atoms with Crippen LogP contribution in [0.4, 0.5) is 0 Å². The van der Waals surface area contributed by atoms with E-state index in [1.807, 2.05) is 56.3 Å². The fraction of sp³-hybridized carbons (Fsp3) is 0.417. The van der Waals surface area contributed by atoms with Crippen molar-refractivity contribution in [3.05, 3.63) is 63.6 Å². The van der Waals surface area contributed by atoms with Gasteiger partial charge in [-0.3, -0.25) is 9.59 Å². The van der Waals surface area contributed by atoms with E-state index >= 15 is 0 Å². The zero-order chi connectivity index (χ0) is 22.1. The first kappa shape index (κ1) is 23.9. The van der Waals surface area contributed by atoms with E-state index in [4.69, 9.17) is 4.74 Å². The van der Waals surface area contributed by atoms with Crippen molar-refractivity contribution in [2.75, 3.05) is 13.2 Å². The summed E-state index contributed by atoms with van der Waals surface area (Å²) < 4.78 is 6.71. The van der Waals surface area contributed by atoms with E-state index in [1.165, 1.54) is 0 Å². The molecule has 2 amide bonds. The van der Waals surface area contributed by atoms with Gasteiger partial charge < -0.3 is 15.0 Å². The van der Waals surface area contributed by atoms with Gasteiger partial charge in [-0.15, -0.1) is 0 Å². The molecule has 2 aromatic rings. The lowest BCUT2D eigenvalue weighted by atomic mass is 10.1. The molecule has 1 N–H and O–H groups in total. The molecule has 0 heterocycles. The molecule has 1 atom stereocenters. The van der Waals surface area contributed by atoms with Crippen LogP contribution in [0.25, 0.3) is 0 Å². The highest BCUT2D eigenvalue weighted by Gasteiger charge is 2.26. The Kier molecular flexibility index (Phi) is 9.37. The Morgan fingerprint density at radius 2 is 1.83 bits per heavy atom. The number of amides is 2. The summed E-state index contributed by atoms with van der Waals surface area (Å²) in [6.45, 7) is 8.65. The smallest absolute Gasteiger partial charge is 0.261 e. The minimum Gasteiger partial charge on any atom is -0.484 e. The molecule has 2 rings (SSSR count). The van der Waals surface area contributed by atoms with E-state index in [0.717, 1.165) is 34.0 Å². The molecule has 162 valence electrons. The number of aryl methyl sites for hydroxylation is 2. The quantitative estimate of drug-likeness (QED) is 0.504. The van der Waals surface area contributed by atoms with E-state index in [2.05, 4.69) is 28.2 Å². The van der Waals surface area contributed by atoms with Crippen LogP contribution in [-0.2, 0) is 16.1 Å². The molecule has 0 spiro atoms. The predicted octanol–water partition coefficient (Wildman–Crippen LogP) is 4.78. The Bertz CT molecular complexity index is 852. The van der Waals surface area contributed by atoms with Crippen molar-refractivity contribution in [1.82, 2.24) is 10.2 Å². The van der Waals surface area contributed by atoms with E-state index in [-0.39, 0.29) is 18.4 Å². The molecule has 0 aliphatic carbocycles. The maximum atomic E-state index is 13.0. The minimum atomic E-state index is -0.592. The molecule has 0 radical (unpaired) electrons. The van der Waals surface area contributed by atoms with Gasteiger partial charge in [0.25, 0.3) is 5.91 Å². The maximum absolute atomic E-state index is 13.0. The van der Waals surface area contributed by atoms with Crippen LogP contribution in [0.15, 0.2) is 46.9 Å². The number of carbonyl (C=O) groups excluding carboxylic acids is 2. The lowest BCUT2D eigenvalue weighted by molar-refractivity contribution is -0.142. The van der Waals surface area contributed by atoms with Crippen molar-refractivity contribution >= 4 is 27.7 Å². The number of nitrogens with zero attached hydrogens (tertiary/aromatic N) is 1. The van der Waals surface area contributed by atoms with Gasteiger partial charge in [0, 0.05) is 17.6 Å². The van der Waals surface area contributed by atoms with Crippen LogP contribution >= 0.6 is 15.9 Å². The summed E-state index contributed by atoms with van der Waals surface area (Å²) in [5.74, 6) is 0.247. The summed E-state index contributed by atoms with van der Waals surface area (Å²) in [6.07, 6.45) is 1.91. The molecule has 0 saturated carbocycles. The van der Waals surface area contributed by atoms with Crippen LogP contribution in [-0.4, -0.2) is 35.9 Å². The second-order valence-electron chi connectivity index (χ2n) is 7.53. The molecular weight excluding hydrogens is 444 g/mol. The molecule has 0 aliphatic rings. The van der Waals surface area contributed by atoms with Crippen LogP contribution in [0.3, 0.4) is 0 Å². The number of ether oxygens (including phenoxy) is 1. The Morgan fingerprint density at radius 1 is 1.13 bits per heavy atom. The molecule has 5 nitrogen and oxygen atoms in total. The Hall–Kier alpha value is -2.34. The fourth-order valence-electron chi connectivity index (χ4n) is 2.94. The predicted molar refractivity (Wildman–Crippen MR) is 123 cm³/mol. The lowest BCUT2D eigenvalue weighted by Gasteiger charge is -2.29. The minimum absolute atomic E-state index is 0.125. The molecule has 0 aromatic heterocycles. The number of halogens is 1. The third-order valence-electron chi connectivity index (χ3n) is 4.96. The largest absolute Gasteiger partial charge is 0.484 e. The summed E-state index contributed by atoms with van der Waals surface area (Å²) in [5, 5.41) is 2.92. The zero-order valence-corrected chi connectivity index (χ0v) is 19.8. The van der Waals surface area contributed by atoms with Gasteiger partial charge in [0.15, 0.2) is 6.61 Å². The molecule has 0 aliphatic heterocycles. The third kappa shape index (κ3) is 7.17. The van der Waals surface area contributed by atoms with Crippen LogP contribution in [0.5, 0.6) is 5.75 Å². The van der Waals surface area contributed by atoms with Gasteiger partial charge in [0.2, 0.25) is 5.91 Å². The SMILES string of the molecule is CCCCNC(=O)[C@@H](C)N(Cc1ccc(C)cc1)C(=O)COc1ccc(Br)c(C)c1. The molecule has 0 unspecified atom stereocenters. The van der Waals surface area contributed by atoms with Gasteiger partial charge >= 0.3 is 0 Å². The summed E-state index contributed by atoms with van der Waals surface area (Å²) >= 11 is 3.46. The third-order valence-corrected chi connectivity index (χ3v) is 5.85. The van der Waals surface area contributed by atoms with Crippen LogP contribution in [0, 0.1) is 13.8 Å². The van der Waals surface area contributed by atoms with Gasteiger partial charge in [-0.2, -0.15) is 0 Å². The molecular formula is C24H31BrN2O3. The highest BCUT2D eigenvalue weighted by atomic mass is 79.9. The first-order valence-corrected chi connectivity index (χ1v) is 11.1. The highest BCUT2D eigenvalue weighted by molar-refractivity contribution is 9.10. The zero-order valence-electron chi connectivity index (χ0n) is 18.2. The molecule has 0 fully saturated rings. The van der Waals surface area contributed by atoms with Crippen molar-refractivity contribution in [3.63, 3.8) is 0 Å². The van der Waals surface area contributed by atoms with Crippen molar-refractivity contribution in [3.8, 4) is 5.75 Å². The van der Waals surface area contributed by atoms with E-state index in [0.29, 0.717) is 18.8 Å². The monoisotopic (exact) mass is 474 g/mol. The van der Waals surface area contributed by atoms with Gasteiger partial charge in [0.1, 0.15) is 11.8 Å². The van der Waals surface area contributed by atoms with Crippen molar-refractivity contribution in [2.45, 2.75) is 53.1 Å². The Balaban J connectivity index is 2.11. The molecule has 0 bridgehead atoms. The Morgan fingerprint density at radius 3 is 2.47 bits per heavy atom. The molecule has 0 saturated heterocycles. The Labute approximate surface area is 187 Å². The lowest BCUT2D eigenvalue weighted by Crippen LogP contribution is -2.49. The van der Waals surface area contributed by atoms with Gasteiger partial charge in [0.05, 0.1) is 0 Å². The molecule has 30 heavy (non-hydrogen) atoms. The van der Waals surface area contributed by atoms with Crippen LogP contribution in [0.2, 0.25) is 0 Å². The number of carbonyl (C=O) groups is 2. The van der Waals surface area contributed by atoms with Crippen molar-refractivity contribution in [2.24, 2.45) is 0 Å². The van der Waals surface area contributed by atoms with E-state index in [1.54, 1.807) is 11.8 Å². The fourth-order valence-corrected chi connectivity index (χ4v) is 3.19. The van der Waals surface area contributed by atoms with Crippen LogP contribution < -0.4 is 10.1 Å². The normalized spacial score (nSPS) is 11.6. The second kappa shape index (κ2) is 11.7. The number of hydrogen-bond donors (Lipinski definition) is 1. The standard InChI is InChI=1S/C24H31BrN2O3/c1-5-6-13-26-24(29)19(4)27(15-20-9-7-17(2)8-10-20)23(28)16-30-21-11-12-22(25)18(3)14-21/h7-12,14,19H,5-6,13,15-16H2,1-4H3,(H,26,29)/t19-/m1/s1. The average Bonchev–Trinajstić information content (AvgIpc) is 2.73. The van der Waals surface area contributed by atoms with Crippen LogP contribution in [0.1, 0.15) is 43.4 Å². The molecule has 2 aromatic carbocycles. The average molecular weight is 475 g/mol. The van der Waals surface area contributed by atoms with E-state index < -0.39 is 6.04 Å². The van der Waals surface area contributed by atoms with Crippen molar-refractivity contribution in [1.29, 1.82) is 0 Å². The summed E-state index contributed by atoms with van der Waals surface area (Å²) in [4.78, 5) is 27.2.